The summed E-state index contributed by atoms with van der Waals surface area (Å²) in [4.78, 5) is 1.03. The van der Waals surface area contributed by atoms with Crippen LogP contribution in [0.5, 0.6) is 5.75 Å². The Balaban J connectivity index is 2.90. The van der Waals surface area contributed by atoms with Gasteiger partial charge >= 0.3 is 0 Å². The summed E-state index contributed by atoms with van der Waals surface area (Å²) in [6.07, 6.45) is 1.04. The molecule has 0 saturated heterocycles. The van der Waals surface area contributed by atoms with E-state index in [-0.39, 0.29) is 0 Å². The van der Waals surface area contributed by atoms with Crippen LogP contribution < -0.4 is 4.74 Å². The third-order valence-electron chi connectivity index (χ3n) is 2.17. The summed E-state index contributed by atoms with van der Waals surface area (Å²) in [5.41, 5.74) is 2.40. The van der Waals surface area contributed by atoms with E-state index in [4.69, 9.17) is 4.74 Å². The molecule has 0 unspecified atom stereocenters. The summed E-state index contributed by atoms with van der Waals surface area (Å²) in [6.45, 7) is 7.03. The smallest absolute Gasteiger partial charge is 0.122 e. The molecule has 0 atom stereocenters. The largest absolute Gasteiger partial charge is 0.493 e. The SMILES string of the molecule is CCCOc1ccc(S)c(C)c1C. The highest BCUT2D eigenvalue weighted by Crippen LogP contribution is 2.26. The van der Waals surface area contributed by atoms with Gasteiger partial charge in [-0.1, -0.05) is 6.92 Å². The summed E-state index contributed by atoms with van der Waals surface area (Å²) in [6, 6.07) is 3.97. The van der Waals surface area contributed by atoms with E-state index in [9.17, 15) is 0 Å². The molecule has 0 spiro atoms. The molecular formula is C11H16OS. The Bertz CT molecular complexity index is 294. The number of thiol groups is 1. The Hall–Kier alpha value is -0.630. The van der Waals surface area contributed by atoms with Gasteiger partial charge in [-0.15, -0.1) is 12.6 Å². The zero-order chi connectivity index (χ0) is 9.84. The topological polar surface area (TPSA) is 9.23 Å². The minimum Gasteiger partial charge on any atom is -0.493 e. The second-order valence-electron chi connectivity index (χ2n) is 3.18. The molecule has 0 aliphatic rings. The summed E-state index contributed by atoms with van der Waals surface area (Å²) in [5.74, 6) is 0.983. The highest BCUT2D eigenvalue weighted by Gasteiger charge is 2.03. The van der Waals surface area contributed by atoms with Gasteiger partial charge in [-0.05, 0) is 43.5 Å². The molecule has 0 bridgehead atoms. The third-order valence-corrected chi connectivity index (χ3v) is 2.66. The van der Waals surface area contributed by atoms with Crippen LogP contribution in [0, 0.1) is 13.8 Å². The van der Waals surface area contributed by atoms with Gasteiger partial charge < -0.3 is 4.74 Å². The molecule has 0 fully saturated rings. The Morgan fingerprint density at radius 2 is 1.92 bits per heavy atom. The lowest BCUT2D eigenvalue weighted by molar-refractivity contribution is 0.315. The van der Waals surface area contributed by atoms with Gasteiger partial charge in [0, 0.05) is 4.90 Å². The molecule has 2 heteroatoms. The minimum absolute atomic E-state index is 0.784. The number of rotatable bonds is 3. The van der Waals surface area contributed by atoms with Crippen LogP contribution in [0.2, 0.25) is 0 Å². The minimum atomic E-state index is 0.784. The van der Waals surface area contributed by atoms with E-state index >= 15 is 0 Å². The molecular weight excluding hydrogens is 180 g/mol. The van der Waals surface area contributed by atoms with Gasteiger partial charge in [0.05, 0.1) is 6.61 Å². The van der Waals surface area contributed by atoms with Crippen molar-refractivity contribution in [3.8, 4) is 5.75 Å². The molecule has 1 nitrogen and oxygen atoms in total. The summed E-state index contributed by atoms with van der Waals surface area (Å²) < 4.78 is 5.59. The van der Waals surface area contributed by atoms with Crippen LogP contribution in [0.1, 0.15) is 24.5 Å². The first-order valence-corrected chi connectivity index (χ1v) is 5.03. The van der Waals surface area contributed by atoms with Crippen molar-refractivity contribution in [1.82, 2.24) is 0 Å². The Kier molecular flexibility index (Phi) is 3.67. The van der Waals surface area contributed by atoms with E-state index in [1.165, 1.54) is 11.1 Å². The van der Waals surface area contributed by atoms with Gasteiger partial charge in [0.25, 0.3) is 0 Å². The maximum atomic E-state index is 5.59. The van der Waals surface area contributed by atoms with Crippen LogP contribution in [-0.2, 0) is 0 Å². The number of hydrogen-bond donors (Lipinski definition) is 1. The Labute approximate surface area is 85.5 Å². The Morgan fingerprint density at radius 3 is 2.54 bits per heavy atom. The van der Waals surface area contributed by atoms with Crippen molar-refractivity contribution >= 4 is 12.6 Å². The molecule has 0 amide bonds. The predicted molar refractivity (Wildman–Crippen MR) is 59.0 cm³/mol. The highest BCUT2D eigenvalue weighted by molar-refractivity contribution is 7.80. The van der Waals surface area contributed by atoms with Crippen LogP contribution in [-0.4, -0.2) is 6.61 Å². The monoisotopic (exact) mass is 196 g/mol. The number of ether oxygens (including phenoxy) is 1. The molecule has 1 rings (SSSR count). The normalized spacial score (nSPS) is 10.2. The molecule has 0 saturated carbocycles. The first-order valence-electron chi connectivity index (χ1n) is 4.58. The summed E-state index contributed by atoms with van der Waals surface area (Å²) in [5, 5.41) is 0. The average molecular weight is 196 g/mol. The van der Waals surface area contributed by atoms with Crippen molar-refractivity contribution in [3.63, 3.8) is 0 Å². The van der Waals surface area contributed by atoms with Crippen LogP contribution in [0.3, 0.4) is 0 Å². The second-order valence-corrected chi connectivity index (χ2v) is 3.66. The highest BCUT2D eigenvalue weighted by atomic mass is 32.1. The zero-order valence-corrected chi connectivity index (χ0v) is 9.32. The molecule has 0 aromatic heterocycles. The number of hydrogen-bond acceptors (Lipinski definition) is 2. The standard InChI is InChI=1S/C11H16OS/c1-4-7-12-10-5-6-11(13)9(3)8(10)2/h5-6,13H,4,7H2,1-3H3. The van der Waals surface area contributed by atoms with E-state index in [1.54, 1.807) is 0 Å². The fourth-order valence-electron chi connectivity index (χ4n) is 1.15. The third kappa shape index (κ3) is 2.41. The molecule has 0 aliphatic heterocycles. The van der Waals surface area contributed by atoms with Gasteiger partial charge in [0.2, 0.25) is 0 Å². The molecule has 1 aromatic rings. The predicted octanol–water partition coefficient (Wildman–Crippen LogP) is 3.38. The van der Waals surface area contributed by atoms with E-state index in [0.717, 1.165) is 23.7 Å². The van der Waals surface area contributed by atoms with Crippen LogP contribution >= 0.6 is 12.6 Å². The first kappa shape index (κ1) is 10.5. The molecule has 0 heterocycles. The molecule has 0 N–H and O–H groups in total. The zero-order valence-electron chi connectivity index (χ0n) is 8.42. The molecule has 72 valence electrons. The van der Waals surface area contributed by atoms with Crippen LogP contribution in [0.15, 0.2) is 17.0 Å². The van der Waals surface area contributed by atoms with E-state index in [2.05, 4.69) is 33.4 Å². The second kappa shape index (κ2) is 4.56. The van der Waals surface area contributed by atoms with Crippen molar-refractivity contribution < 1.29 is 4.74 Å². The van der Waals surface area contributed by atoms with E-state index < -0.39 is 0 Å². The average Bonchev–Trinajstić information content (AvgIpc) is 2.13. The quantitative estimate of drug-likeness (QED) is 0.729. The number of benzene rings is 1. The lowest BCUT2D eigenvalue weighted by Crippen LogP contribution is -1.98. The van der Waals surface area contributed by atoms with E-state index in [1.807, 2.05) is 12.1 Å². The van der Waals surface area contributed by atoms with Crippen LogP contribution in [0.25, 0.3) is 0 Å². The summed E-state index contributed by atoms with van der Waals surface area (Å²) in [7, 11) is 0. The van der Waals surface area contributed by atoms with Gasteiger partial charge in [-0.25, -0.2) is 0 Å². The lowest BCUT2D eigenvalue weighted by Gasteiger charge is -2.11. The first-order chi connectivity index (χ1) is 6.16. The van der Waals surface area contributed by atoms with E-state index in [0.29, 0.717) is 0 Å². The summed E-state index contributed by atoms with van der Waals surface area (Å²) >= 11 is 4.35. The maximum Gasteiger partial charge on any atom is 0.122 e. The molecule has 1 aromatic carbocycles. The van der Waals surface area contributed by atoms with Gasteiger partial charge in [-0.2, -0.15) is 0 Å². The van der Waals surface area contributed by atoms with Crippen molar-refractivity contribution in [2.45, 2.75) is 32.1 Å². The van der Waals surface area contributed by atoms with Gasteiger partial charge in [0.15, 0.2) is 0 Å². The van der Waals surface area contributed by atoms with Crippen molar-refractivity contribution in [1.29, 1.82) is 0 Å². The van der Waals surface area contributed by atoms with Crippen molar-refractivity contribution in [2.24, 2.45) is 0 Å². The molecule has 13 heavy (non-hydrogen) atoms. The molecule has 0 aliphatic carbocycles. The lowest BCUT2D eigenvalue weighted by atomic mass is 10.1. The van der Waals surface area contributed by atoms with Crippen molar-refractivity contribution in [3.05, 3.63) is 23.3 Å². The van der Waals surface area contributed by atoms with Crippen LogP contribution in [0.4, 0.5) is 0 Å². The fraction of sp³-hybridized carbons (Fsp3) is 0.455. The fourth-order valence-corrected chi connectivity index (χ4v) is 1.39. The van der Waals surface area contributed by atoms with Gasteiger partial charge in [-0.3, -0.25) is 0 Å². The maximum absolute atomic E-state index is 5.59. The van der Waals surface area contributed by atoms with Crippen molar-refractivity contribution in [2.75, 3.05) is 6.61 Å². The van der Waals surface area contributed by atoms with Gasteiger partial charge in [0.1, 0.15) is 5.75 Å². The Morgan fingerprint density at radius 1 is 1.23 bits per heavy atom. The molecule has 0 radical (unpaired) electrons.